The maximum absolute atomic E-state index is 12.9. The molecule has 0 saturated carbocycles. The molecule has 0 spiro atoms. The molecule has 30 heavy (non-hydrogen) atoms. The highest BCUT2D eigenvalue weighted by atomic mass is 35.5. The number of hydrogen-bond acceptors (Lipinski definition) is 3. The lowest BCUT2D eigenvalue weighted by atomic mass is 10.0. The van der Waals surface area contributed by atoms with Crippen molar-refractivity contribution in [3.8, 4) is 11.3 Å². The van der Waals surface area contributed by atoms with E-state index in [1.54, 1.807) is 36.4 Å². The van der Waals surface area contributed by atoms with Crippen molar-refractivity contribution in [2.24, 2.45) is 0 Å². The second kappa shape index (κ2) is 7.85. The SMILES string of the molecule is O=C(O)Cc1c(-c2ccc(Cl)c(S(=O)(=O)Nc3ccccc3)c2)[nH]c2ccccc12. The van der Waals surface area contributed by atoms with Crippen LogP contribution in [-0.4, -0.2) is 24.5 Å². The molecule has 0 amide bonds. The molecule has 6 nitrogen and oxygen atoms in total. The third-order valence-corrected chi connectivity index (χ3v) is 6.54. The quantitative estimate of drug-likeness (QED) is 0.396. The topological polar surface area (TPSA) is 99.3 Å². The Morgan fingerprint density at radius 3 is 2.43 bits per heavy atom. The molecule has 0 saturated heterocycles. The minimum absolute atomic E-state index is 0.0677. The zero-order valence-corrected chi connectivity index (χ0v) is 17.2. The number of carboxylic acids is 1. The molecule has 0 atom stereocenters. The molecule has 4 aromatic rings. The lowest BCUT2D eigenvalue weighted by Crippen LogP contribution is -2.13. The lowest BCUT2D eigenvalue weighted by Gasteiger charge is -2.11. The van der Waals surface area contributed by atoms with Gasteiger partial charge < -0.3 is 10.1 Å². The van der Waals surface area contributed by atoms with Crippen LogP contribution < -0.4 is 4.72 Å². The molecule has 3 N–H and O–H groups in total. The summed E-state index contributed by atoms with van der Waals surface area (Å²) in [5.74, 6) is -0.978. The second-order valence-electron chi connectivity index (χ2n) is 6.71. The number of carboxylic acid groups (broad SMARTS) is 1. The van der Waals surface area contributed by atoms with Crippen molar-refractivity contribution in [1.82, 2.24) is 4.98 Å². The Morgan fingerprint density at radius 1 is 1.00 bits per heavy atom. The highest BCUT2D eigenvalue weighted by Gasteiger charge is 2.22. The predicted molar refractivity (Wildman–Crippen MR) is 117 cm³/mol. The average molecular weight is 441 g/mol. The van der Waals surface area contributed by atoms with E-state index in [2.05, 4.69) is 9.71 Å². The number of H-pyrrole nitrogens is 1. The smallest absolute Gasteiger partial charge is 0.307 e. The highest BCUT2D eigenvalue weighted by Crippen LogP contribution is 2.34. The third-order valence-electron chi connectivity index (χ3n) is 4.68. The van der Waals surface area contributed by atoms with Gasteiger partial charge in [-0.3, -0.25) is 9.52 Å². The summed E-state index contributed by atoms with van der Waals surface area (Å²) in [6, 6.07) is 20.4. The van der Waals surface area contributed by atoms with Crippen molar-refractivity contribution in [1.29, 1.82) is 0 Å². The zero-order valence-electron chi connectivity index (χ0n) is 15.6. The van der Waals surface area contributed by atoms with Crippen LogP contribution in [0, 0.1) is 0 Å². The largest absolute Gasteiger partial charge is 0.481 e. The van der Waals surface area contributed by atoms with Gasteiger partial charge in [0.05, 0.1) is 17.1 Å². The maximum Gasteiger partial charge on any atom is 0.307 e. The fourth-order valence-electron chi connectivity index (χ4n) is 3.36. The van der Waals surface area contributed by atoms with Crippen LogP contribution in [0.25, 0.3) is 22.2 Å². The predicted octanol–water partition coefficient (Wildman–Crippen LogP) is 4.92. The standard InChI is InChI=1S/C22H17ClN2O4S/c23-18-11-10-14(12-20(18)30(28,29)25-15-6-2-1-3-7-15)22-17(13-21(26)27)16-8-4-5-9-19(16)24-22/h1-12,24-25H,13H2,(H,26,27). The number of anilines is 1. The van der Waals surface area contributed by atoms with Gasteiger partial charge in [-0.1, -0.05) is 54.1 Å². The Bertz CT molecular complexity index is 1350. The summed E-state index contributed by atoms with van der Waals surface area (Å²) in [6.07, 6.45) is -0.202. The number of hydrogen-bond donors (Lipinski definition) is 3. The van der Waals surface area contributed by atoms with E-state index in [-0.39, 0.29) is 16.3 Å². The molecule has 0 unspecified atom stereocenters. The van der Waals surface area contributed by atoms with E-state index in [0.29, 0.717) is 22.5 Å². The fraction of sp³-hybridized carbons (Fsp3) is 0.0455. The molecular weight excluding hydrogens is 424 g/mol. The third kappa shape index (κ3) is 3.90. The van der Waals surface area contributed by atoms with Crippen molar-refractivity contribution in [2.75, 3.05) is 4.72 Å². The van der Waals surface area contributed by atoms with Gasteiger partial charge >= 0.3 is 5.97 Å². The zero-order chi connectivity index (χ0) is 21.3. The normalized spacial score (nSPS) is 11.5. The summed E-state index contributed by atoms with van der Waals surface area (Å²) in [4.78, 5) is 14.6. The van der Waals surface area contributed by atoms with Crippen molar-refractivity contribution >= 4 is 44.2 Å². The highest BCUT2D eigenvalue weighted by molar-refractivity contribution is 7.92. The van der Waals surface area contributed by atoms with Crippen LogP contribution in [0.2, 0.25) is 5.02 Å². The molecule has 152 valence electrons. The average Bonchev–Trinajstić information content (AvgIpc) is 3.06. The van der Waals surface area contributed by atoms with Crippen molar-refractivity contribution in [3.05, 3.63) is 83.4 Å². The minimum Gasteiger partial charge on any atom is -0.481 e. The molecule has 0 fully saturated rings. The van der Waals surface area contributed by atoms with Crippen molar-refractivity contribution in [3.63, 3.8) is 0 Å². The number of nitrogens with one attached hydrogen (secondary N) is 2. The van der Waals surface area contributed by atoms with Crippen LogP contribution in [0.4, 0.5) is 5.69 Å². The Labute approximate surface area is 178 Å². The number of aromatic amines is 1. The van der Waals surface area contributed by atoms with Gasteiger partial charge in [0.25, 0.3) is 10.0 Å². The molecule has 1 heterocycles. The summed E-state index contributed by atoms with van der Waals surface area (Å²) < 4.78 is 28.4. The molecule has 4 rings (SSSR count). The van der Waals surface area contributed by atoms with Gasteiger partial charge in [0.15, 0.2) is 0 Å². The van der Waals surface area contributed by atoms with Gasteiger partial charge in [-0.05, 0) is 41.5 Å². The number of fused-ring (bicyclic) bond motifs is 1. The molecule has 1 aromatic heterocycles. The van der Waals surface area contributed by atoms with Crippen LogP contribution in [-0.2, 0) is 21.2 Å². The maximum atomic E-state index is 12.9. The fourth-order valence-corrected chi connectivity index (χ4v) is 4.95. The number of aliphatic carboxylic acids is 1. The van der Waals surface area contributed by atoms with Crippen molar-refractivity contribution < 1.29 is 18.3 Å². The van der Waals surface area contributed by atoms with Crippen LogP contribution in [0.15, 0.2) is 77.7 Å². The van der Waals surface area contributed by atoms with Crippen LogP contribution >= 0.6 is 11.6 Å². The number of rotatable bonds is 6. The van der Waals surface area contributed by atoms with Gasteiger partial charge in [0, 0.05) is 16.6 Å². The first-order valence-electron chi connectivity index (χ1n) is 9.04. The molecular formula is C22H17ClN2O4S. The summed E-state index contributed by atoms with van der Waals surface area (Å²) in [6.45, 7) is 0. The van der Waals surface area contributed by atoms with Crippen LogP contribution in [0.1, 0.15) is 5.56 Å². The van der Waals surface area contributed by atoms with Crippen LogP contribution in [0.5, 0.6) is 0 Å². The lowest BCUT2D eigenvalue weighted by molar-refractivity contribution is -0.136. The first kappa shape index (κ1) is 20.0. The van der Waals surface area contributed by atoms with E-state index in [1.165, 1.54) is 12.1 Å². The first-order valence-corrected chi connectivity index (χ1v) is 10.9. The van der Waals surface area contributed by atoms with Gasteiger partial charge in [-0.2, -0.15) is 0 Å². The van der Waals surface area contributed by atoms with E-state index >= 15 is 0 Å². The molecule has 8 heteroatoms. The first-order chi connectivity index (χ1) is 14.3. The van der Waals surface area contributed by atoms with Gasteiger partial charge in [0.1, 0.15) is 4.90 Å². The number of aromatic nitrogens is 1. The number of halogens is 1. The molecule has 0 radical (unpaired) electrons. The monoisotopic (exact) mass is 440 g/mol. The molecule has 3 aromatic carbocycles. The van der Waals surface area contributed by atoms with Gasteiger partial charge in [-0.25, -0.2) is 8.42 Å². The summed E-state index contributed by atoms with van der Waals surface area (Å²) in [5.41, 5.74) is 2.84. The number of sulfonamides is 1. The molecule has 0 aliphatic carbocycles. The van der Waals surface area contributed by atoms with E-state index in [4.69, 9.17) is 11.6 Å². The summed E-state index contributed by atoms with van der Waals surface area (Å²) in [5, 5.41) is 10.2. The van der Waals surface area contributed by atoms with Gasteiger partial charge in [0.2, 0.25) is 0 Å². The summed E-state index contributed by atoms with van der Waals surface area (Å²) in [7, 11) is -3.95. The van der Waals surface area contributed by atoms with E-state index in [9.17, 15) is 18.3 Å². The summed E-state index contributed by atoms with van der Waals surface area (Å²) >= 11 is 6.21. The minimum atomic E-state index is -3.95. The van der Waals surface area contributed by atoms with E-state index in [0.717, 1.165) is 10.9 Å². The Morgan fingerprint density at radius 2 is 1.70 bits per heavy atom. The van der Waals surface area contributed by atoms with E-state index in [1.807, 2.05) is 24.3 Å². The number of carbonyl (C=O) groups is 1. The molecule has 0 aliphatic heterocycles. The molecule has 0 aliphatic rings. The Kier molecular flexibility index (Phi) is 5.24. The Hall–Kier alpha value is -3.29. The molecule has 0 bridgehead atoms. The Balaban J connectivity index is 1.83. The van der Waals surface area contributed by atoms with E-state index < -0.39 is 16.0 Å². The number of benzene rings is 3. The van der Waals surface area contributed by atoms with Crippen LogP contribution in [0.3, 0.4) is 0 Å². The van der Waals surface area contributed by atoms with Gasteiger partial charge in [-0.15, -0.1) is 0 Å². The second-order valence-corrected chi connectivity index (χ2v) is 8.77. The van der Waals surface area contributed by atoms with Crippen molar-refractivity contribution in [2.45, 2.75) is 11.3 Å². The number of para-hydroxylation sites is 2.